The summed E-state index contributed by atoms with van der Waals surface area (Å²) >= 11 is 4.13. The van der Waals surface area contributed by atoms with Crippen LogP contribution in [0.1, 0.15) is 33.1 Å². The molecule has 0 amide bonds. The first-order valence-corrected chi connectivity index (χ1v) is 6.88. The third kappa shape index (κ3) is 10.7. The average Bonchev–Trinajstić information content (AvgIpc) is 2.03. The van der Waals surface area contributed by atoms with E-state index in [0.29, 0.717) is 0 Å². The molecule has 0 bridgehead atoms. The monoisotopic (exact) mass is 192 g/mol. The lowest BCUT2D eigenvalue weighted by atomic mass is 10.3. The van der Waals surface area contributed by atoms with Gasteiger partial charge in [-0.05, 0) is 35.9 Å². The maximum Gasteiger partial charge on any atom is -0.00676 e. The molecule has 0 spiro atoms. The van der Waals surface area contributed by atoms with E-state index in [9.17, 15) is 0 Å². The topological polar surface area (TPSA) is 0 Å². The van der Waals surface area contributed by atoms with Crippen molar-refractivity contribution in [3.63, 3.8) is 0 Å². The minimum Gasteiger partial charge on any atom is -0.162 e. The van der Waals surface area contributed by atoms with Gasteiger partial charge in [-0.25, -0.2) is 0 Å². The van der Waals surface area contributed by atoms with Crippen LogP contribution in [0.5, 0.6) is 0 Å². The van der Waals surface area contributed by atoms with Crippen molar-refractivity contribution in [3.05, 3.63) is 0 Å². The minimum absolute atomic E-state index is 1.28. The maximum atomic E-state index is 2.23. The van der Waals surface area contributed by atoms with E-state index in [0.717, 1.165) is 0 Å². The predicted octanol–water partition coefficient (Wildman–Crippen LogP) is 3.66. The molecule has 0 aliphatic rings. The van der Waals surface area contributed by atoms with E-state index in [4.69, 9.17) is 0 Å². The molecule has 0 N–H and O–H groups in total. The van der Waals surface area contributed by atoms with Gasteiger partial charge in [0, 0.05) is 0 Å². The number of hydrogen-bond acceptors (Lipinski definition) is 2. The van der Waals surface area contributed by atoms with Crippen LogP contribution >= 0.6 is 23.5 Å². The molecular formula is C9H20S2. The SMILES string of the molecule is CCSCCCCCSCC. The van der Waals surface area contributed by atoms with Crippen LogP contribution in [0.2, 0.25) is 0 Å². The van der Waals surface area contributed by atoms with Crippen molar-refractivity contribution in [2.24, 2.45) is 0 Å². The van der Waals surface area contributed by atoms with E-state index in [-0.39, 0.29) is 0 Å². The van der Waals surface area contributed by atoms with Crippen molar-refractivity contribution in [2.45, 2.75) is 33.1 Å². The molecule has 0 rings (SSSR count). The van der Waals surface area contributed by atoms with Crippen molar-refractivity contribution in [2.75, 3.05) is 23.0 Å². The fourth-order valence-electron chi connectivity index (χ4n) is 0.874. The van der Waals surface area contributed by atoms with Crippen LogP contribution in [0.15, 0.2) is 0 Å². The Balaban J connectivity index is 2.69. The van der Waals surface area contributed by atoms with Gasteiger partial charge in [-0.2, -0.15) is 23.5 Å². The third-order valence-corrected chi connectivity index (χ3v) is 3.46. The molecule has 0 aromatic heterocycles. The Morgan fingerprint density at radius 2 is 1.18 bits per heavy atom. The van der Waals surface area contributed by atoms with Crippen molar-refractivity contribution in [1.82, 2.24) is 0 Å². The maximum absolute atomic E-state index is 2.23. The average molecular weight is 192 g/mol. The van der Waals surface area contributed by atoms with Crippen LogP contribution in [-0.4, -0.2) is 23.0 Å². The van der Waals surface area contributed by atoms with E-state index in [1.807, 2.05) is 0 Å². The van der Waals surface area contributed by atoms with Gasteiger partial charge in [0.2, 0.25) is 0 Å². The molecule has 0 radical (unpaired) electrons. The third-order valence-electron chi connectivity index (χ3n) is 1.49. The molecule has 11 heavy (non-hydrogen) atoms. The smallest absolute Gasteiger partial charge is 0.00676 e. The van der Waals surface area contributed by atoms with E-state index >= 15 is 0 Å². The normalized spacial score (nSPS) is 10.4. The van der Waals surface area contributed by atoms with E-state index in [2.05, 4.69) is 37.4 Å². The van der Waals surface area contributed by atoms with Gasteiger partial charge in [-0.1, -0.05) is 20.3 Å². The van der Waals surface area contributed by atoms with E-state index in [1.54, 1.807) is 0 Å². The summed E-state index contributed by atoms with van der Waals surface area (Å²) in [6.07, 6.45) is 4.27. The molecule has 0 nitrogen and oxygen atoms in total. The lowest BCUT2D eigenvalue weighted by Gasteiger charge is -1.99. The Kier molecular flexibility index (Phi) is 11.4. The first-order chi connectivity index (χ1) is 5.41. The standard InChI is InChI=1S/C9H20S2/c1-3-10-8-6-5-7-9-11-4-2/h3-9H2,1-2H3. The molecule has 0 saturated heterocycles. The predicted molar refractivity (Wildman–Crippen MR) is 59.8 cm³/mol. The highest BCUT2D eigenvalue weighted by Crippen LogP contribution is 2.08. The van der Waals surface area contributed by atoms with E-state index < -0.39 is 0 Å². The second kappa shape index (κ2) is 10.7. The Hall–Kier alpha value is 0.700. The fraction of sp³-hybridized carbons (Fsp3) is 1.00. The van der Waals surface area contributed by atoms with Gasteiger partial charge >= 0.3 is 0 Å². The lowest BCUT2D eigenvalue weighted by Crippen LogP contribution is -1.84. The van der Waals surface area contributed by atoms with Crippen LogP contribution < -0.4 is 0 Å². The van der Waals surface area contributed by atoms with Gasteiger partial charge in [0.25, 0.3) is 0 Å². The number of unbranched alkanes of at least 4 members (excludes halogenated alkanes) is 2. The quantitative estimate of drug-likeness (QED) is 0.538. The second-order valence-corrected chi connectivity index (χ2v) is 5.24. The van der Waals surface area contributed by atoms with Crippen LogP contribution in [0.25, 0.3) is 0 Å². The molecule has 0 heterocycles. The summed E-state index contributed by atoms with van der Waals surface area (Å²) in [6, 6.07) is 0. The van der Waals surface area contributed by atoms with Crippen molar-refractivity contribution < 1.29 is 0 Å². The van der Waals surface area contributed by atoms with Crippen LogP contribution in [-0.2, 0) is 0 Å². The van der Waals surface area contributed by atoms with Crippen LogP contribution in [0.3, 0.4) is 0 Å². The van der Waals surface area contributed by atoms with Crippen LogP contribution in [0.4, 0.5) is 0 Å². The summed E-state index contributed by atoms with van der Waals surface area (Å²) in [6.45, 7) is 4.47. The van der Waals surface area contributed by atoms with Gasteiger partial charge in [-0.3, -0.25) is 0 Å². The molecule has 0 atom stereocenters. The molecule has 0 aliphatic carbocycles. The number of rotatable bonds is 8. The lowest BCUT2D eigenvalue weighted by molar-refractivity contribution is 0.785. The molecule has 0 aliphatic heterocycles. The van der Waals surface area contributed by atoms with Crippen molar-refractivity contribution in [3.8, 4) is 0 Å². The molecule has 0 aromatic carbocycles. The Bertz CT molecular complexity index is 56.6. The highest BCUT2D eigenvalue weighted by Gasteiger charge is 1.89. The summed E-state index contributed by atoms with van der Waals surface area (Å²) in [7, 11) is 0. The van der Waals surface area contributed by atoms with Gasteiger partial charge in [0.15, 0.2) is 0 Å². The molecule has 0 aromatic rings. The van der Waals surface area contributed by atoms with Crippen molar-refractivity contribution >= 4 is 23.5 Å². The molecular weight excluding hydrogens is 172 g/mol. The summed E-state index contributed by atoms with van der Waals surface area (Å²) in [5.41, 5.74) is 0. The highest BCUT2D eigenvalue weighted by molar-refractivity contribution is 7.99. The Morgan fingerprint density at radius 3 is 1.55 bits per heavy atom. The number of hydrogen-bond donors (Lipinski definition) is 0. The van der Waals surface area contributed by atoms with Gasteiger partial charge in [-0.15, -0.1) is 0 Å². The summed E-state index contributed by atoms with van der Waals surface area (Å²) in [5, 5.41) is 0. The zero-order valence-corrected chi connectivity index (χ0v) is 9.40. The van der Waals surface area contributed by atoms with E-state index in [1.165, 1.54) is 42.3 Å². The molecule has 0 unspecified atom stereocenters. The van der Waals surface area contributed by atoms with Gasteiger partial charge < -0.3 is 0 Å². The first-order valence-electron chi connectivity index (χ1n) is 4.57. The minimum atomic E-state index is 1.28. The van der Waals surface area contributed by atoms with Crippen molar-refractivity contribution in [1.29, 1.82) is 0 Å². The first kappa shape index (κ1) is 11.7. The summed E-state index contributed by atoms with van der Waals surface area (Å²) in [4.78, 5) is 0. The molecule has 0 fully saturated rings. The van der Waals surface area contributed by atoms with Crippen LogP contribution in [0, 0.1) is 0 Å². The fourth-order valence-corrected chi connectivity index (χ4v) is 2.27. The number of thioether (sulfide) groups is 2. The highest BCUT2D eigenvalue weighted by atomic mass is 32.2. The molecule has 2 heteroatoms. The van der Waals surface area contributed by atoms with Gasteiger partial charge in [0.1, 0.15) is 0 Å². The Labute approximate surface area is 79.9 Å². The largest absolute Gasteiger partial charge is 0.162 e. The summed E-state index contributed by atoms with van der Waals surface area (Å²) in [5.74, 6) is 5.30. The summed E-state index contributed by atoms with van der Waals surface area (Å²) < 4.78 is 0. The zero-order valence-electron chi connectivity index (χ0n) is 7.77. The zero-order chi connectivity index (χ0) is 8.36. The van der Waals surface area contributed by atoms with Gasteiger partial charge in [0.05, 0.1) is 0 Å². The molecule has 68 valence electrons. The second-order valence-electron chi connectivity index (χ2n) is 2.45. The Morgan fingerprint density at radius 1 is 0.727 bits per heavy atom. The molecule has 0 saturated carbocycles.